The van der Waals surface area contributed by atoms with Gasteiger partial charge >= 0.3 is 6.36 Å². The van der Waals surface area contributed by atoms with Crippen LogP contribution in [0.2, 0.25) is 0 Å². The topological polar surface area (TPSA) is 44.5 Å². The van der Waals surface area contributed by atoms with Gasteiger partial charge < -0.3 is 15.2 Å². The summed E-state index contributed by atoms with van der Waals surface area (Å²) in [6.45, 7) is 0.405. The van der Waals surface area contributed by atoms with Crippen molar-refractivity contribution in [2.75, 3.05) is 0 Å². The first-order chi connectivity index (χ1) is 9.87. The quantitative estimate of drug-likeness (QED) is 0.865. The fraction of sp³-hybridized carbons (Fsp3) is 0.143. The Morgan fingerprint density at radius 1 is 1.00 bits per heavy atom. The predicted molar refractivity (Wildman–Crippen MR) is 75.2 cm³/mol. The molecule has 0 saturated carbocycles. The van der Waals surface area contributed by atoms with Crippen molar-refractivity contribution in [2.24, 2.45) is 5.73 Å². The molecule has 0 saturated heterocycles. The molecule has 2 aromatic carbocycles. The monoisotopic (exact) mass is 361 g/mol. The smallest absolute Gasteiger partial charge is 0.456 e. The number of alkyl halides is 3. The van der Waals surface area contributed by atoms with Gasteiger partial charge in [-0.25, -0.2) is 0 Å². The highest BCUT2D eigenvalue weighted by Crippen LogP contribution is 2.32. The lowest BCUT2D eigenvalue weighted by Gasteiger charge is -2.11. The Kier molecular flexibility index (Phi) is 4.74. The highest BCUT2D eigenvalue weighted by molar-refractivity contribution is 9.10. The van der Waals surface area contributed by atoms with Crippen molar-refractivity contribution < 1.29 is 22.6 Å². The summed E-state index contributed by atoms with van der Waals surface area (Å²) in [5, 5.41) is 0. The van der Waals surface area contributed by atoms with Gasteiger partial charge in [-0.05, 0) is 57.9 Å². The van der Waals surface area contributed by atoms with Crippen LogP contribution in [0.25, 0.3) is 0 Å². The summed E-state index contributed by atoms with van der Waals surface area (Å²) in [6.07, 6.45) is -4.70. The number of halogens is 4. The van der Waals surface area contributed by atoms with E-state index >= 15 is 0 Å². The van der Waals surface area contributed by atoms with Gasteiger partial charge in [-0.15, -0.1) is 13.2 Å². The van der Waals surface area contributed by atoms with E-state index in [1.165, 1.54) is 24.3 Å². The van der Waals surface area contributed by atoms with Crippen LogP contribution in [-0.2, 0) is 6.54 Å². The molecule has 2 N–H and O–H groups in total. The molecule has 0 aliphatic carbocycles. The van der Waals surface area contributed by atoms with Crippen LogP contribution in [0.4, 0.5) is 13.2 Å². The largest absolute Gasteiger partial charge is 0.573 e. The molecule has 0 unspecified atom stereocenters. The van der Waals surface area contributed by atoms with E-state index in [0.717, 1.165) is 5.56 Å². The number of nitrogens with two attached hydrogens (primary N) is 1. The minimum absolute atomic E-state index is 0.299. The van der Waals surface area contributed by atoms with Crippen LogP contribution >= 0.6 is 15.9 Å². The zero-order chi connectivity index (χ0) is 15.5. The van der Waals surface area contributed by atoms with E-state index in [-0.39, 0.29) is 5.75 Å². The van der Waals surface area contributed by atoms with Crippen LogP contribution in [0.1, 0.15) is 5.56 Å². The first-order valence-electron chi connectivity index (χ1n) is 5.89. The molecule has 0 bridgehead atoms. The second-order valence-electron chi connectivity index (χ2n) is 4.09. The summed E-state index contributed by atoms with van der Waals surface area (Å²) in [5.74, 6) is 0.634. The van der Waals surface area contributed by atoms with Crippen molar-refractivity contribution in [3.8, 4) is 17.2 Å². The molecular weight excluding hydrogens is 351 g/mol. The molecule has 0 fully saturated rings. The number of rotatable bonds is 4. The Morgan fingerprint density at radius 2 is 1.62 bits per heavy atom. The van der Waals surface area contributed by atoms with Gasteiger partial charge in [0.1, 0.15) is 17.2 Å². The number of hydrogen-bond acceptors (Lipinski definition) is 3. The number of benzene rings is 2. The van der Waals surface area contributed by atoms with Crippen LogP contribution in [0.5, 0.6) is 17.2 Å². The van der Waals surface area contributed by atoms with Gasteiger partial charge in [-0.1, -0.05) is 6.07 Å². The summed E-state index contributed by atoms with van der Waals surface area (Å²) < 4.78 is 46.2. The van der Waals surface area contributed by atoms with Crippen LogP contribution < -0.4 is 15.2 Å². The summed E-state index contributed by atoms with van der Waals surface area (Å²) >= 11 is 3.35. The van der Waals surface area contributed by atoms with Crippen molar-refractivity contribution in [1.82, 2.24) is 0 Å². The molecule has 112 valence electrons. The molecule has 0 heterocycles. The highest BCUT2D eigenvalue weighted by atomic mass is 79.9. The maximum Gasteiger partial charge on any atom is 0.573 e. The van der Waals surface area contributed by atoms with Crippen LogP contribution in [0.3, 0.4) is 0 Å². The van der Waals surface area contributed by atoms with Crippen LogP contribution in [-0.4, -0.2) is 6.36 Å². The van der Waals surface area contributed by atoms with Gasteiger partial charge in [0.05, 0.1) is 4.47 Å². The molecule has 3 nitrogen and oxygen atoms in total. The summed E-state index contributed by atoms with van der Waals surface area (Å²) in [7, 11) is 0. The van der Waals surface area contributed by atoms with Gasteiger partial charge in [-0.3, -0.25) is 0 Å². The van der Waals surface area contributed by atoms with Crippen LogP contribution in [0.15, 0.2) is 46.9 Å². The van der Waals surface area contributed by atoms with Gasteiger partial charge in [0.2, 0.25) is 0 Å². The van der Waals surface area contributed by atoms with E-state index in [1.807, 2.05) is 6.07 Å². The normalized spacial score (nSPS) is 11.3. The van der Waals surface area contributed by atoms with Crippen molar-refractivity contribution >= 4 is 15.9 Å². The summed E-state index contributed by atoms with van der Waals surface area (Å²) in [6, 6.07) is 10.5. The molecule has 0 radical (unpaired) electrons. The minimum Gasteiger partial charge on any atom is -0.456 e. The van der Waals surface area contributed by atoms with E-state index < -0.39 is 6.36 Å². The maximum atomic E-state index is 12.0. The first kappa shape index (κ1) is 15.7. The Morgan fingerprint density at radius 3 is 2.14 bits per heavy atom. The molecule has 0 aliphatic rings. The maximum absolute atomic E-state index is 12.0. The number of ether oxygens (including phenoxy) is 2. The fourth-order valence-corrected chi connectivity index (χ4v) is 2.10. The molecule has 0 aliphatic heterocycles. The van der Waals surface area contributed by atoms with Crippen molar-refractivity contribution in [3.63, 3.8) is 0 Å². The third-order valence-electron chi connectivity index (χ3n) is 2.52. The Bertz CT molecular complexity index is 615. The van der Waals surface area contributed by atoms with Crippen LogP contribution in [0, 0.1) is 0 Å². The van der Waals surface area contributed by atoms with Crippen molar-refractivity contribution in [1.29, 1.82) is 0 Å². The van der Waals surface area contributed by atoms with Gasteiger partial charge in [0.15, 0.2) is 0 Å². The number of hydrogen-bond donors (Lipinski definition) is 1. The lowest BCUT2D eigenvalue weighted by molar-refractivity contribution is -0.274. The Labute approximate surface area is 127 Å². The summed E-state index contributed by atoms with van der Waals surface area (Å²) in [5.41, 5.74) is 6.45. The highest BCUT2D eigenvalue weighted by Gasteiger charge is 2.30. The van der Waals surface area contributed by atoms with E-state index in [2.05, 4.69) is 20.7 Å². The van der Waals surface area contributed by atoms with Crippen molar-refractivity contribution in [3.05, 3.63) is 52.5 Å². The van der Waals surface area contributed by atoms with Gasteiger partial charge in [0, 0.05) is 6.54 Å². The lowest BCUT2D eigenvalue weighted by Crippen LogP contribution is -2.16. The van der Waals surface area contributed by atoms with E-state index in [9.17, 15) is 13.2 Å². The first-order valence-corrected chi connectivity index (χ1v) is 6.69. The third kappa shape index (κ3) is 4.64. The second kappa shape index (κ2) is 6.36. The Balaban J connectivity index is 2.10. The molecule has 7 heteroatoms. The average Bonchev–Trinajstić information content (AvgIpc) is 2.41. The molecule has 21 heavy (non-hydrogen) atoms. The predicted octanol–water partition coefficient (Wildman–Crippen LogP) is 4.60. The van der Waals surface area contributed by atoms with Gasteiger partial charge in [0.25, 0.3) is 0 Å². The zero-order valence-electron chi connectivity index (χ0n) is 10.7. The molecule has 0 atom stereocenters. The van der Waals surface area contributed by atoms with Gasteiger partial charge in [-0.2, -0.15) is 0 Å². The third-order valence-corrected chi connectivity index (χ3v) is 3.14. The minimum atomic E-state index is -4.70. The SMILES string of the molecule is NCc1ccc(Oc2ccc(OC(F)(F)F)cc2)c(Br)c1. The molecule has 2 aromatic rings. The molecular formula is C14H11BrF3NO2. The fourth-order valence-electron chi connectivity index (χ4n) is 1.59. The molecule has 0 aromatic heterocycles. The van der Waals surface area contributed by atoms with Crippen molar-refractivity contribution in [2.45, 2.75) is 12.9 Å². The van der Waals surface area contributed by atoms with E-state index in [0.29, 0.717) is 22.5 Å². The standard InChI is InChI=1S/C14H11BrF3NO2/c15-12-7-9(8-19)1-6-13(12)20-10-2-4-11(5-3-10)21-14(16,17)18/h1-7H,8,19H2. The molecule has 0 amide bonds. The second-order valence-corrected chi connectivity index (χ2v) is 4.94. The lowest BCUT2D eigenvalue weighted by atomic mass is 10.2. The van der Waals surface area contributed by atoms with E-state index in [1.54, 1.807) is 12.1 Å². The molecule has 2 rings (SSSR count). The molecule has 0 spiro atoms. The van der Waals surface area contributed by atoms with E-state index in [4.69, 9.17) is 10.5 Å². The summed E-state index contributed by atoms with van der Waals surface area (Å²) in [4.78, 5) is 0. The Hall–Kier alpha value is -1.73. The average molecular weight is 362 g/mol. The zero-order valence-corrected chi connectivity index (χ0v) is 12.2.